The molecule has 2 unspecified atom stereocenters. The van der Waals surface area contributed by atoms with Gasteiger partial charge in [0.05, 0.1) is 0 Å². The highest BCUT2D eigenvalue weighted by molar-refractivity contribution is 9.10. The lowest BCUT2D eigenvalue weighted by atomic mass is 10.1. The van der Waals surface area contributed by atoms with Crippen LogP contribution in [0.4, 0.5) is 5.69 Å². The maximum absolute atomic E-state index is 3.50. The van der Waals surface area contributed by atoms with E-state index in [1.807, 2.05) is 0 Å². The number of hydrogen-bond acceptors (Lipinski definition) is 3. The Kier molecular flexibility index (Phi) is 5.25. The number of rotatable bonds is 5. The van der Waals surface area contributed by atoms with E-state index < -0.39 is 0 Å². The van der Waals surface area contributed by atoms with Crippen LogP contribution in [-0.2, 0) is 0 Å². The van der Waals surface area contributed by atoms with E-state index >= 15 is 0 Å². The van der Waals surface area contributed by atoms with E-state index in [0.29, 0.717) is 6.04 Å². The average Bonchev–Trinajstić information content (AvgIpc) is 2.71. The molecule has 1 saturated heterocycles. The number of anilines is 1. The van der Waals surface area contributed by atoms with Crippen molar-refractivity contribution >= 4 is 21.6 Å². The molecule has 1 N–H and O–H groups in total. The normalized spacial score (nSPS) is 24.1. The summed E-state index contributed by atoms with van der Waals surface area (Å²) in [7, 11) is 4.37. The van der Waals surface area contributed by atoms with E-state index in [2.05, 4.69) is 76.3 Å². The standard InChI is InChI=1S/C15H24BrN3/c1-12-10-19(11-15(12)18(2)3)8-7-17-14-6-4-5-13(16)9-14/h4-6,9,12,15,17H,7-8,10-11H2,1-3H3. The third kappa shape index (κ3) is 4.20. The summed E-state index contributed by atoms with van der Waals surface area (Å²) in [5.74, 6) is 0.765. The monoisotopic (exact) mass is 325 g/mol. The summed E-state index contributed by atoms with van der Waals surface area (Å²) in [6.07, 6.45) is 0. The molecule has 0 saturated carbocycles. The van der Waals surface area contributed by atoms with Crippen LogP contribution < -0.4 is 5.32 Å². The molecule has 2 rings (SSSR count). The van der Waals surface area contributed by atoms with Gasteiger partial charge in [0.25, 0.3) is 0 Å². The molecule has 4 heteroatoms. The second-order valence-corrected chi connectivity index (χ2v) is 6.62. The van der Waals surface area contributed by atoms with Gasteiger partial charge < -0.3 is 10.2 Å². The lowest BCUT2D eigenvalue weighted by Gasteiger charge is -2.22. The van der Waals surface area contributed by atoms with Crippen LogP contribution in [0.15, 0.2) is 28.7 Å². The Morgan fingerprint density at radius 2 is 2.16 bits per heavy atom. The fourth-order valence-corrected chi connectivity index (χ4v) is 3.26. The van der Waals surface area contributed by atoms with E-state index in [1.54, 1.807) is 0 Å². The molecule has 1 aromatic carbocycles. The molecule has 2 atom stereocenters. The van der Waals surface area contributed by atoms with Crippen molar-refractivity contribution in [1.29, 1.82) is 0 Å². The van der Waals surface area contributed by atoms with Gasteiger partial charge >= 0.3 is 0 Å². The zero-order chi connectivity index (χ0) is 13.8. The van der Waals surface area contributed by atoms with Crippen LogP contribution in [0, 0.1) is 5.92 Å². The van der Waals surface area contributed by atoms with Gasteiger partial charge in [0.15, 0.2) is 0 Å². The van der Waals surface area contributed by atoms with E-state index in [4.69, 9.17) is 0 Å². The highest BCUT2D eigenvalue weighted by atomic mass is 79.9. The second-order valence-electron chi connectivity index (χ2n) is 5.70. The number of halogens is 1. The Labute approximate surface area is 125 Å². The average molecular weight is 326 g/mol. The van der Waals surface area contributed by atoms with Crippen LogP contribution >= 0.6 is 15.9 Å². The molecule has 3 nitrogen and oxygen atoms in total. The Balaban J connectivity index is 1.75. The van der Waals surface area contributed by atoms with Gasteiger partial charge in [-0.1, -0.05) is 28.9 Å². The van der Waals surface area contributed by atoms with Gasteiger partial charge in [0.1, 0.15) is 0 Å². The van der Waals surface area contributed by atoms with Crippen LogP contribution in [-0.4, -0.2) is 56.1 Å². The molecule has 106 valence electrons. The first-order valence-electron chi connectivity index (χ1n) is 6.94. The molecule has 0 amide bonds. The Hall–Kier alpha value is -0.580. The van der Waals surface area contributed by atoms with Gasteiger partial charge in [0, 0.05) is 42.4 Å². The number of likely N-dealkylation sites (N-methyl/N-ethyl adjacent to an activating group) is 1. The predicted molar refractivity (Wildman–Crippen MR) is 85.7 cm³/mol. The smallest absolute Gasteiger partial charge is 0.0351 e. The summed E-state index contributed by atoms with van der Waals surface area (Å²) in [4.78, 5) is 4.91. The summed E-state index contributed by atoms with van der Waals surface area (Å²) >= 11 is 3.50. The lowest BCUT2D eigenvalue weighted by molar-refractivity contribution is 0.254. The summed E-state index contributed by atoms with van der Waals surface area (Å²) in [6, 6.07) is 9.04. The van der Waals surface area contributed by atoms with Crippen molar-refractivity contribution in [2.45, 2.75) is 13.0 Å². The first-order chi connectivity index (χ1) is 9.06. The van der Waals surface area contributed by atoms with Crippen molar-refractivity contribution in [2.75, 3.05) is 45.6 Å². The van der Waals surface area contributed by atoms with Crippen molar-refractivity contribution in [3.8, 4) is 0 Å². The number of nitrogens with one attached hydrogen (secondary N) is 1. The van der Waals surface area contributed by atoms with Crippen molar-refractivity contribution in [2.24, 2.45) is 5.92 Å². The van der Waals surface area contributed by atoms with E-state index in [9.17, 15) is 0 Å². The summed E-state index contributed by atoms with van der Waals surface area (Å²) in [5.41, 5.74) is 1.19. The highest BCUT2D eigenvalue weighted by Crippen LogP contribution is 2.20. The number of nitrogens with zero attached hydrogens (tertiary/aromatic N) is 2. The molecular weight excluding hydrogens is 302 g/mol. The topological polar surface area (TPSA) is 18.5 Å². The van der Waals surface area contributed by atoms with Crippen molar-refractivity contribution in [3.63, 3.8) is 0 Å². The van der Waals surface area contributed by atoms with Gasteiger partial charge in [-0.25, -0.2) is 0 Å². The van der Waals surface area contributed by atoms with E-state index in [1.165, 1.54) is 18.8 Å². The first-order valence-corrected chi connectivity index (χ1v) is 7.74. The van der Waals surface area contributed by atoms with Gasteiger partial charge in [-0.2, -0.15) is 0 Å². The van der Waals surface area contributed by atoms with Crippen LogP contribution in [0.1, 0.15) is 6.92 Å². The summed E-state index contributed by atoms with van der Waals surface area (Å²) < 4.78 is 1.12. The zero-order valence-electron chi connectivity index (χ0n) is 12.1. The number of benzene rings is 1. The van der Waals surface area contributed by atoms with Crippen molar-refractivity contribution in [1.82, 2.24) is 9.80 Å². The molecule has 0 radical (unpaired) electrons. The van der Waals surface area contributed by atoms with Crippen LogP contribution in [0.25, 0.3) is 0 Å². The second kappa shape index (κ2) is 6.73. The third-order valence-electron chi connectivity index (χ3n) is 3.89. The molecule has 0 aliphatic carbocycles. The number of likely N-dealkylation sites (tertiary alicyclic amines) is 1. The lowest BCUT2D eigenvalue weighted by Crippen LogP contribution is -2.35. The minimum atomic E-state index is 0.700. The van der Waals surface area contributed by atoms with Crippen molar-refractivity contribution in [3.05, 3.63) is 28.7 Å². The Morgan fingerprint density at radius 1 is 1.37 bits per heavy atom. The third-order valence-corrected chi connectivity index (χ3v) is 4.39. The summed E-state index contributed by atoms with van der Waals surface area (Å²) in [5, 5.41) is 3.49. The Morgan fingerprint density at radius 3 is 2.79 bits per heavy atom. The Bertz CT molecular complexity index is 408. The van der Waals surface area contributed by atoms with E-state index in [-0.39, 0.29) is 0 Å². The largest absolute Gasteiger partial charge is 0.384 e. The molecule has 0 bridgehead atoms. The zero-order valence-corrected chi connectivity index (χ0v) is 13.7. The molecule has 1 aromatic rings. The minimum Gasteiger partial charge on any atom is -0.384 e. The maximum Gasteiger partial charge on any atom is 0.0351 e. The molecular formula is C15H24BrN3. The quantitative estimate of drug-likeness (QED) is 0.898. The highest BCUT2D eigenvalue weighted by Gasteiger charge is 2.30. The number of hydrogen-bond donors (Lipinski definition) is 1. The fraction of sp³-hybridized carbons (Fsp3) is 0.600. The predicted octanol–water partition coefficient (Wildman–Crippen LogP) is 2.74. The summed E-state index contributed by atoms with van der Waals surface area (Å²) in [6.45, 7) is 6.87. The molecule has 1 aliphatic rings. The van der Waals surface area contributed by atoms with Crippen LogP contribution in [0.3, 0.4) is 0 Å². The van der Waals surface area contributed by atoms with Gasteiger partial charge in [-0.3, -0.25) is 4.90 Å². The van der Waals surface area contributed by atoms with E-state index in [0.717, 1.165) is 23.5 Å². The first kappa shape index (κ1) is 14.8. The van der Waals surface area contributed by atoms with Gasteiger partial charge in [-0.15, -0.1) is 0 Å². The molecule has 0 spiro atoms. The van der Waals surface area contributed by atoms with Gasteiger partial charge in [0.2, 0.25) is 0 Å². The molecule has 19 heavy (non-hydrogen) atoms. The molecule has 1 aliphatic heterocycles. The minimum absolute atomic E-state index is 0.700. The van der Waals surface area contributed by atoms with Gasteiger partial charge in [-0.05, 0) is 38.2 Å². The molecule has 1 fully saturated rings. The molecule has 1 heterocycles. The molecule has 0 aromatic heterocycles. The van der Waals surface area contributed by atoms with Crippen molar-refractivity contribution < 1.29 is 0 Å². The fourth-order valence-electron chi connectivity index (χ4n) is 2.86. The van der Waals surface area contributed by atoms with Crippen LogP contribution in [0.5, 0.6) is 0 Å². The maximum atomic E-state index is 3.50. The van der Waals surface area contributed by atoms with Crippen LogP contribution in [0.2, 0.25) is 0 Å². The SMILES string of the molecule is CC1CN(CCNc2cccc(Br)c2)CC1N(C)C.